The predicted octanol–water partition coefficient (Wildman–Crippen LogP) is 5.30. The summed E-state index contributed by atoms with van der Waals surface area (Å²) in [6, 6.07) is 21.0. The molecule has 2 aromatic heterocycles. The van der Waals surface area contributed by atoms with E-state index in [1.54, 1.807) is 19.2 Å². The fraction of sp³-hybridized carbons (Fsp3) is 0.154. The number of fused-ring (bicyclic) bond motifs is 2. The zero-order chi connectivity index (χ0) is 22.8. The molecule has 1 amide bonds. The van der Waals surface area contributed by atoms with Crippen LogP contribution in [-0.4, -0.2) is 41.2 Å². The topological polar surface area (TPSA) is 92.0 Å². The summed E-state index contributed by atoms with van der Waals surface area (Å²) in [7, 11) is 1.64. The van der Waals surface area contributed by atoms with Crippen LogP contribution in [0.15, 0.2) is 66.7 Å². The Morgan fingerprint density at radius 1 is 0.939 bits per heavy atom. The first kappa shape index (κ1) is 20.8. The van der Waals surface area contributed by atoms with Crippen LogP contribution in [0.1, 0.15) is 16.1 Å². The van der Waals surface area contributed by atoms with Crippen molar-refractivity contribution < 1.29 is 14.3 Å². The van der Waals surface area contributed by atoms with E-state index in [9.17, 15) is 4.79 Å². The van der Waals surface area contributed by atoms with Gasteiger partial charge >= 0.3 is 0 Å². The van der Waals surface area contributed by atoms with Gasteiger partial charge in [0.05, 0.1) is 17.6 Å². The Labute approximate surface area is 190 Å². The van der Waals surface area contributed by atoms with Gasteiger partial charge in [0.25, 0.3) is 5.91 Å². The van der Waals surface area contributed by atoms with Crippen molar-refractivity contribution in [3.63, 3.8) is 0 Å². The molecule has 166 valence electrons. The number of benzene rings is 3. The molecule has 0 fully saturated rings. The van der Waals surface area contributed by atoms with E-state index in [1.807, 2.05) is 55.5 Å². The lowest BCUT2D eigenvalue weighted by molar-refractivity contribution is 0.102. The average molecular weight is 441 g/mol. The molecule has 7 nitrogen and oxygen atoms in total. The van der Waals surface area contributed by atoms with Crippen molar-refractivity contribution >= 4 is 33.5 Å². The number of carbonyl (C=O) groups excluding carboxylic acids is 1. The lowest BCUT2D eigenvalue weighted by Gasteiger charge is -2.06. The molecule has 0 spiro atoms. The SMILES string of the molecule is COCCOc1ccc2nc(-c3ccc(C(=O)Nc4ccc5[nH]c(C)cc5c4)cc3)[nH]c2c1. The van der Waals surface area contributed by atoms with Gasteiger partial charge < -0.3 is 24.8 Å². The molecule has 0 aliphatic heterocycles. The van der Waals surface area contributed by atoms with Crippen LogP contribution < -0.4 is 10.1 Å². The molecular weight excluding hydrogens is 416 g/mol. The van der Waals surface area contributed by atoms with Gasteiger partial charge in [-0.3, -0.25) is 4.79 Å². The third kappa shape index (κ3) is 4.44. The number of aromatic amines is 2. The molecule has 0 saturated carbocycles. The number of aryl methyl sites for hydroxylation is 1. The lowest BCUT2D eigenvalue weighted by Crippen LogP contribution is -2.11. The first-order chi connectivity index (χ1) is 16.1. The number of methoxy groups -OCH3 is 1. The molecule has 0 aliphatic carbocycles. The predicted molar refractivity (Wildman–Crippen MR) is 130 cm³/mol. The van der Waals surface area contributed by atoms with Gasteiger partial charge in [0.2, 0.25) is 0 Å². The monoisotopic (exact) mass is 440 g/mol. The van der Waals surface area contributed by atoms with E-state index >= 15 is 0 Å². The highest BCUT2D eigenvalue weighted by molar-refractivity contribution is 6.05. The number of hydrogen-bond donors (Lipinski definition) is 3. The molecule has 33 heavy (non-hydrogen) atoms. The number of nitrogens with one attached hydrogen (secondary N) is 3. The van der Waals surface area contributed by atoms with E-state index < -0.39 is 0 Å². The van der Waals surface area contributed by atoms with Crippen molar-refractivity contribution in [1.29, 1.82) is 0 Å². The van der Waals surface area contributed by atoms with Gasteiger partial charge in [-0.2, -0.15) is 0 Å². The molecule has 0 unspecified atom stereocenters. The van der Waals surface area contributed by atoms with Crippen molar-refractivity contribution in [2.24, 2.45) is 0 Å². The van der Waals surface area contributed by atoms with Gasteiger partial charge in [-0.05, 0) is 55.5 Å². The average Bonchev–Trinajstić information content (AvgIpc) is 3.41. The van der Waals surface area contributed by atoms with Gasteiger partial charge in [-0.1, -0.05) is 12.1 Å². The molecule has 0 bridgehead atoms. The maximum Gasteiger partial charge on any atom is 0.255 e. The molecule has 5 aromatic rings. The van der Waals surface area contributed by atoms with Crippen LogP contribution in [0.4, 0.5) is 5.69 Å². The molecule has 3 aromatic carbocycles. The maximum absolute atomic E-state index is 12.7. The summed E-state index contributed by atoms with van der Waals surface area (Å²) in [6.07, 6.45) is 0. The second-order valence-electron chi connectivity index (χ2n) is 7.89. The fourth-order valence-electron chi connectivity index (χ4n) is 3.80. The highest BCUT2D eigenvalue weighted by atomic mass is 16.5. The Bertz CT molecular complexity index is 1430. The number of carbonyl (C=O) groups is 1. The van der Waals surface area contributed by atoms with Crippen LogP contribution in [0.3, 0.4) is 0 Å². The van der Waals surface area contributed by atoms with Crippen LogP contribution in [0.2, 0.25) is 0 Å². The number of H-pyrrole nitrogens is 2. The van der Waals surface area contributed by atoms with Gasteiger partial charge in [0.1, 0.15) is 18.2 Å². The number of anilines is 1. The summed E-state index contributed by atoms with van der Waals surface area (Å²) in [5.41, 5.74) is 6.11. The van der Waals surface area contributed by atoms with Gasteiger partial charge in [0.15, 0.2) is 0 Å². The van der Waals surface area contributed by atoms with Gasteiger partial charge in [0, 0.05) is 46.6 Å². The second kappa shape index (κ2) is 8.80. The first-order valence-corrected chi connectivity index (χ1v) is 10.7. The maximum atomic E-state index is 12.7. The summed E-state index contributed by atoms with van der Waals surface area (Å²) >= 11 is 0. The lowest BCUT2D eigenvalue weighted by atomic mass is 10.1. The summed E-state index contributed by atoms with van der Waals surface area (Å²) in [5, 5.41) is 4.04. The Balaban J connectivity index is 1.30. The van der Waals surface area contributed by atoms with Crippen LogP contribution in [0.25, 0.3) is 33.3 Å². The second-order valence-corrected chi connectivity index (χ2v) is 7.89. The molecule has 0 saturated heterocycles. The van der Waals surface area contributed by atoms with Crippen molar-refractivity contribution in [1.82, 2.24) is 15.0 Å². The van der Waals surface area contributed by atoms with Gasteiger partial charge in [-0.25, -0.2) is 4.98 Å². The number of nitrogens with zero attached hydrogens (tertiary/aromatic N) is 1. The minimum Gasteiger partial charge on any atom is -0.491 e. The number of rotatable bonds is 7. The van der Waals surface area contributed by atoms with E-state index in [0.29, 0.717) is 18.8 Å². The number of ether oxygens (including phenoxy) is 2. The van der Waals surface area contributed by atoms with E-state index in [4.69, 9.17) is 9.47 Å². The number of hydrogen-bond acceptors (Lipinski definition) is 4. The quantitative estimate of drug-likeness (QED) is 0.300. The van der Waals surface area contributed by atoms with E-state index in [0.717, 1.165) is 50.5 Å². The van der Waals surface area contributed by atoms with Gasteiger partial charge in [-0.15, -0.1) is 0 Å². The van der Waals surface area contributed by atoms with Crippen molar-refractivity contribution in [2.45, 2.75) is 6.92 Å². The van der Waals surface area contributed by atoms with Crippen molar-refractivity contribution in [3.8, 4) is 17.1 Å². The fourth-order valence-corrected chi connectivity index (χ4v) is 3.80. The minimum absolute atomic E-state index is 0.157. The van der Waals surface area contributed by atoms with Crippen LogP contribution in [0.5, 0.6) is 5.75 Å². The molecule has 2 heterocycles. The Morgan fingerprint density at radius 3 is 2.61 bits per heavy atom. The Hall–Kier alpha value is -4.10. The molecule has 3 N–H and O–H groups in total. The van der Waals surface area contributed by atoms with Crippen molar-refractivity contribution in [3.05, 3.63) is 78.0 Å². The summed E-state index contributed by atoms with van der Waals surface area (Å²) in [4.78, 5) is 24.0. The molecule has 7 heteroatoms. The molecule has 0 aliphatic rings. The Morgan fingerprint density at radius 2 is 1.79 bits per heavy atom. The highest BCUT2D eigenvalue weighted by Crippen LogP contribution is 2.25. The zero-order valence-electron chi connectivity index (χ0n) is 18.4. The van der Waals surface area contributed by atoms with Crippen LogP contribution in [0, 0.1) is 6.92 Å². The highest BCUT2D eigenvalue weighted by Gasteiger charge is 2.10. The van der Waals surface area contributed by atoms with Crippen LogP contribution >= 0.6 is 0 Å². The smallest absolute Gasteiger partial charge is 0.255 e. The zero-order valence-corrected chi connectivity index (χ0v) is 18.4. The number of amides is 1. The molecular formula is C26H24N4O3. The van der Waals surface area contributed by atoms with E-state index in [2.05, 4.69) is 26.3 Å². The largest absolute Gasteiger partial charge is 0.491 e. The first-order valence-electron chi connectivity index (χ1n) is 10.7. The number of aromatic nitrogens is 3. The van der Waals surface area contributed by atoms with E-state index in [1.165, 1.54) is 0 Å². The third-order valence-electron chi connectivity index (χ3n) is 5.44. The minimum atomic E-state index is -0.157. The Kier molecular flexibility index (Phi) is 5.54. The summed E-state index contributed by atoms with van der Waals surface area (Å²) in [6.45, 7) is 3.04. The summed E-state index contributed by atoms with van der Waals surface area (Å²) < 4.78 is 10.7. The molecule has 0 atom stereocenters. The molecule has 0 radical (unpaired) electrons. The van der Waals surface area contributed by atoms with Crippen molar-refractivity contribution in [2.75, 3.05) is 25.6 Å². The standard InChI is InChI=1S/C26H24N4O3/c1-16-13-19-14-20(7-9-22(19)27-16)28-26(31)18-5-3-17(4-6-18)25-29-23-10-8-21(15-24(23)30-25)33-12-11-32-2/h3-10,13-15,27H,11-12H2,1-2H3,(H,28,31)(H,29,30). The van der Waals surface area contributed by atoms with E-state index in [-0.39, 0.29) is 5.91 Å². The number of imidazole rings is 1. The summed E-state index contributed by atoms with van der Waals surface area (Å²) in [5.74, 6) is 1.34. The van der Waals surface area contributed by atoms with Crippen LogP contribution in [-0.2, 0) is 4.74 Å². The third-order valence-corrected chi connectivity index (χ3v) is 5.44. The normalized spacial score (nSPS) is 11.2. The molecule has 5 rings (SSSR count).